The van der Waals surface area contributed by atoms with Gasteiger partial charge in [-0.15, -0.1) is 11.6 Å². The lowest BCUT2D eigenvalue weighted by Crippen LogP contribution is -2.42. The van der Waals surface area contributed by atoms with E-state index in [1.807, 2.05) is 0 Å². The first-order chi connectivity index (χ1) is 4.34. The van der Waals surface area contributed by atoms with Crippen LogP contribution in [0, 0.1) is 0 Å². The van der Waals surface area contributed by atoms with Gasteiger partial charge in [-0.05, 0) is 20.8 Å². The average molecular weight is 166 g/mol. The molecule has 0 aliphatic heterocycles. The molecule has 0 fully saturated rings. The molecule has 3 nitrogen and oxygen atoms in total. The van der Waals surface area contributed by atoms with Crippen molar-refractivity contribution in [2.45, 2.75) is 31.9 Å². The molecular formula is C6H12ClNO2. The lowest BCUT2D eigenvalue weighted by atomic mass is 10.2. The van der Waals surface area contributed by atoms with Crippen molar-refractivity contribution in [1.29, 1.82) is 0 Å². The standard InChI is InChI=1S/C6H12ClNO2/c1-4(9)8-5(10)6(2,3)7/h4,9H,1-3H3,(H,8,10). The van der Waals surface area contributed by atoms with Crippen LogP contribution in [-0.4, -0.2) is 22.1 Å². The highest BCUT2D eigenvalue weighted by atomic mass is 35.5. The number of aliphatic hydroxyl groups excluding tert-OH is 1. The van der Waals surface area contributed by atoms with Gasteiger partial charge in [0.2, 0.25) is 5.91 Å². The van der Waals surface area contributed by atoms with Crippen LogP contribution in [0.15, 0.2) is 0 Å². The Morgan fingerprint density at radius 3 is 2.20 bits per heavy atom. The predicted molar refractivity (Wildman–Crippen MR) is 39.8 cm³/mol. The van der Waals surface area contributed by atoms with Crippen LogP contribution in [0.25, 0.3) is 0 Å². The minimum atomic E-state index is -0.947. The molecule has 0 saturated heterocycles. The average Bonchev–Trinajstić information content (AvgIpc) is 1.60. The molecule has 0 aromatic rings. The molecule has 0 aromatic heterocycles. The molecular weight excluding hydrogens is 154 g/mol. The minimum Gasteiger partial charge on any atom is -0.374 e. The monoisotopic (exact) mass is 165 g/mol. The molecule has 60 valence electrons. The summed E-state index contributed by atoms with van der Waals surface area (Å²) >= 11 is 5.60. The van der Waals surface area contributed by atoms with Gasteiger partial charge in [-0.3, -0.25) is 4.79 Å². The molecule has 0 aromatic carbocycles. The number of carbonyl (C=O) groups excluding carboxylic acids is 1. The van der Waals surface area contributed by atoms with Crippen LogP contribution in [0.5, 0.6) is 0 Å². The van der Waals surface area contributed by atoms with Crippen molar-refractivity contribution < 1.29 is 9.90 Å². The van der Waals surface area contributed by atoms with E-state index in [1.165, 1.54) is 6.92 Å². The number of amides is 1. The van der Waals surface area contributed by atoms with E-state index in [2.05, 4.69) is 5.32 Å². The summed E-state index contributed by atoms with van der Waals surface area (Å²) in [6.07, 6.45) is -0.842. The van der Waals surface area contributed by atoms with Crippen molar-refractivity contribution in [3.05, 3.63) is 0 Å². The normalized spacial score (nSPS) is 14.5. The fourth-order valence-electron chi connectivity index (χ4n) is 0.361. The Labute approximate surface area is 65.4 Å². The summed E-state index contributed by atoms with van der Waals surface area (Å²) in [5.41, 5.74) is 0. The molecule has 0 rings (SSSR count). The summed E-state index contributed by atoms with van der Waals surface area (Å²) in [6, 6.07) is 0. The summed E-state index contributed by atoms with van der Waals surface area (Å²) in [5.74, 6) is -0.371. The molecule has 0 aliphatic rings. The maximum Gasteiger partial charge on any atom is 0.242 e. The zero-order chi connectivity index (χ0) is 8.36. The van der Waals surface area contributed by atoms with Gasteiger partial charge in [-0.2, -0.15) is 0 Å². The van der Waals surface area contributed by atoms with Crippen LogP contribution in [-0.2, 0) is 4.79 Å². The van der Waals surface area contributed by atoms with E-state index in [9.17, 15) is 4.79 Å². The van der Waals surface area contributed by atoms with E-state index in [1.54, 1.807) is 13.8 Å². The van der Waals surface area contributed by atoms with E-state index < -0.39 is 11.1 Å². The van der Waals surface area contributed by atoms with Crippen molar-refractivity contribution in [1.82, 2.24) is 5.32 Å². The van der Waals surface area contributed by atoms with Crippen molar-refractivity contribution in [2.24, 2.45) is 0 Å². The van der Waals surface area contributed by atoms with E-state index >= 15 is 0 Å². The van der Waals surface area contributed by atoms with Crippen molar-refractivity contribution in [3.8, 4) is 0 Å². The Hall–Kier alpha value is -0.280. The summed E-state index contributed by atoms with van der Waals surface area (Å²) in [7, 11) is 0. The van der Waals surface area contributed by atoms with Gasteiger partial charge in [0.15, 0.2) is 0 Å². The van der Waals surface area contributed by atoms with Crippen molar-refractivity contribution in [2.75, 3.05) is 0 Å². The van der Waals surface area contributed by atoms with Crippen LogP contribution < -0.4 is 5.32 Å². The largest absolute Gasteiger partial charge is 0.374 e. The third kappa shape index (κ3) is 3.69. The van der Waals surface area contributed by atoms with E-state index in [0.29, 0.717) is 0 Å². The number of carbonyl (C=O) groups is 1. The number of hydrogen-bond acceptors (Lipinski definition) is 2. The minimum absolute atomic E-state index is 0.371. The molecule has 2 N–H and O–H groups in total. The maximum atomic E-state index is 10.9. The van der Waals surface area contributed by atoms with Gasteiger partial charge < -0.3 is 10.4 Å². The SMILES string of the molecule is CC(O)NC(=O)C(C)(C)Cl. The molecule has 10 heavy (non-hydrogen) atoms. The quantitative estimate of drug-likeness (QED) is 0.462. The van der Waals surface area contributed by atoms with E-state index in [0.717, 1.165) is 0 Å². The van der Waals surface area contributed by atoms with Crippen LogP contribution >= 0.6 is 11.6 Å². The van der Waals surface area contributed by atoms with Gasteiger partial charge >= 0.3 is 0 Å². The molecule has 0 heterocycles. The maximum absolute atomic E-state index is 10.9. The number of rotatable bonds is 2. The number of aliphatic hydroxyl groups is 1. The second-order valence-electron chi connectivity index (χ2n) is 2.62. The Morgan fingerprint density at radius 1 is 1.70 bits per heavy atom. The third-order valence-corrected chi connectivity index (χ3v) is 1.05. The van der Waals surface area contributed by atoms with Gasteiger partial charge in [-0.1, -0.05) is 0 Å². The summed E-state index contributed by atoms with van der Waals surface area (Å²) in [5, 5.41) is 11.0. The molecule has 1 unspecified atom stereocenters. The Balaban J connectivity index is 3.87. The summed E-state index contributed by atoms with van der Waals surface area (Å²) < 4.78 is 0. The van der Waals surface area contributed by atoms with Gasteiger partial charge in [0.25, 0.3) is 0 Å². The van der Waals surface area contributed by atoms with Gasteiger partial charge in [0.05, 0.1) is 0 Å². The predicted octanol–water partition coefficient (Wildman–Crippen LogP) is 0.458. The Morgan fingerprint density at radius 2 is 2.10 bits per heavy atom. The summed E-state index contributed by atoms with van der Waals surface area (Å²) in [6.45, 7) is 4.58. The summed E-state index contributed by atoms with van der Waals surface area (Å²) in [4.78, 5) is 9.92. The van der Waals surface area contributed by atoms with Crippen LogP contribution in [0.2, 0.25) is 0 Å². The van der Waals surface area contributed by atoms with Crippen molar-refractivity contribution in [3.63, 3.8) is 0 Å². The molecule has 0 aliphatic carbocycles. The number of alkyl halides is 1. The van der Waals surface area contributed by atoms with Crippen LogP contribution in [0.3, 0.4) is 0 Å². The molecule has 1 atom stereocenters. The fraction of sp³-hybridized carbons (Fsp3) is 0.833. The number of nitrogens with one attached hydrogen (secondary N) is 1. The molecule has 1 amide bonds. The zero-order valence-electron chi connectivity index (χ0n) is 6.31. The third-order valence-electron chi connectivity index (χ3n) is 0.880. The fourth-order valence-corrected chi connectivity index (χ4v) is 0.416. The molecule has 4 heteroatoms. The lowest BCUT2D eigenvalue weighted by Gasteiger charge is -2.16. The topological polar surface area (TPSA) is 49.3 Å². The Bertz CT molecular complexity index is 128. The highest BCUT2D eigenvalue weighted by molar-refractivity contribution is 6.34. The highest BCUT2D eigenvalue weighted by Crippen LogP contribution is 2.11. The smallest absolute Gasteiger partial charge is 0.242 e. The van der Waals surface area contributed by atoms with Crippen molar-refractivity contribution >= 4 is 17.5 Å². The first-order valence-electron chi connectivity index (χ1n) is 3.02. The highest BCUT2D eigenvalue weighted by Gasteiger charge is 2.24. The first-order valence-corrected chi connectivity index (χ1v) is 3.40. The number of hydrogen-bond donors (Lipinski definition) is 2. The Kier molecular flexibility index (Phi) is 3.12. The second-order valence-corrected chi connectivity index (χ2v) is 3.57. The molecule has 0 spiro atoms. The van der Waals surface area contributed by atoms with Gasteiger partial charge in [0.1, 0.15) is 11.1 Å². The van der Waals surface area contributed by atoms with Crippen LogP contribution in [0.1, 0.15) is 20.8 Å². The first kappa shape index (κ1) is 9.72. The van der Waals surface area contributed by atoms with Gasteiger partial charge in [-0.25, -0.2) is 0 Å². The lowest BCUT2D eigenvalue weighted by molar-refractivity contribution is -0.125. The second kappa shape index (κ2) is 3.21. The van der Waals surface area contributed by atoms with Crippen LogP contribution in [0.4, 0.5) is 0 Å². The van der Waals surface area contributed by atoms with Gasteiger partial charge in [0, 0.05) is 0 Å². The van der Waals surface area contributed by atoms with E-state index in [-0.39, 0.29) is 5.91 Å². The van der Waals surface area contributed by atoms with E-state index in [4.69, 9.17) is 16.7 Å². The molecule has 0 saturated carbocycles. The molecule has 0 radical (unpaired) electrons. The molecule has 0 bridgehead atoms. The zero-order valence-corrected chi connectivity index (χ0v) is 7.07. The number of halogens is 1.